The molecule has 14 rings (SSSR count). The number of hydrogen-bond acceptors (Lipinski definition) is 14. The molecule has 6 fully saturated rings. The molecule has 0 spiro atoms. The van der Waals surface area contributed by atoms with E-state index in [1.54, 1.807) is 48.5 Å². The molecule has 6 aliphatic carbocycles. The van der Waals surface area contributed by atoms with Crippen molar-refractivity contribution in [1.29, 1.82) is 0 Å². The van der Waals surface area contributed by atoms with E-state index in [1.165, 1.54) is 22.7 Å². The van der Waals surface area contributed by atoms with Gasteiger partial charge in [0.15, 0.2) is 0 Å². The molecule has 13 nitrogen and oxygen atoms in total. The first-order chi connectivity index (χ1) is 37.3. The zero-order valence-electron chi connectivity index (χ0n) is 41.4. The molecule has 4 bridgehead atoms. The standard InChI is InChI=1S/C29H26Cl2N2O5S.C29H26Cl2N2O4S/c30-20-2-1-3-21(31)24(20)25-19(26(38-33-25)14-4-5-14)13-37-18-11-16-7-8-17(12-18)29(16,36)28-32-22-9-6-15(27(34)35)10-23(22)39-28;30-21-2-1-3-22(31)25(21)26-20(27(37-33-26)16-5-6-16)14-36-19-11-17-7-8-18(12-19)29(17,35)28-32-23-9-4-15(13-34)10-24(23)38-28/h1-3,6,9-10,14,16-18,36H,4-5,7-8,11-13H2,(H,34,35);1-4,9-10,13,16-19,35H,5-8,11-12,14H2/t16-,17+,18?,29?;17-,18+,19?,29?. The fourth-order valence-corrected chi connectivity index (χ4v) is 16.6. The number of nitrogens with zero attached hydrogens (tertiary/aromatic N) is 4. The molecule has 4 heterocycles. The highest BCUT2D eigenvalue weighted by atomic mass is 35.5. The molecule has 0 aliphatic heterocycles. The third-order valence-corrected chi connectivity index (χ3v) is 20.7. The number of halogens is 4. The molecule has 3 N–H and O–H groups in total. The second kappa shape index (κ2) is 20.4. The Morgan fingerprint density at radius 2 is 1.03 bits per heavy atom. The number of carboxylic acids is 1. The van der Waals surface area contributed by atoms with Crippen molar-refractivity contribution in [2.75, 3.05) is 0 Å². The molecule has 4 aromatic carbocycles. The number of carboxylic acid groups (broad SMARTS) is 1. The van der Waals surface area contributed by atoms with Gasteiger partial charge in [-0.05, 0) is 161 Å². The second-order valence-electron chi connectivity index (χ2n) is 21.8. The van der Waals surface area contributed by atoms with E-state index in [2.05, 4.69) is 10.3 Å². The van der Waals surface area contributed by atoms with Crippen LogP contribution < -0.4 is 0 Å². The highest BCUT2D eigenvalue weighted by molar-refractivity contribution is 7.19. The third kappa shape index (κ3) is 9.33. The fraction of sp³-hybridized carbons (Fsp3) is 0.414. The number of aromatic carboxylic acids is 1. The normalized spacial score (nSPS) is 26.6. The van der Waals surface area contributed by atoms with E-state index < -0.39 is 17.2 Å². The summed E-state index contributed by atoms with van der Waals surface area (Å²) in [5.74, 6) is 1.64. The Kier molecular flexibility index (Phi) is 13.7. The fourth-order valence-electron chi connectivity index (χ4n) is 12.9. The van der Waals surface area contributed by atoms with Crippen molar-refractivity contribution in [1.82, 2.24) is 20.3 Å². The lowest BCUT2D eigenvalue weighted by Gasteiger charge is -2.41. The number of hydrogen-bond donors (Lipinski definition) is 3. The van der Waals surface area contributed by atoms with Gasteiger partial charge in [0.05, 0.1) is 71.5 Å². The van der Waals surface area contributed by atoms with E-state index in [0.717, 1.165) is 131 Å². The summed E-state index contributed by atoms with van der Waals surface area (Å²) < 4.78 is 26.4. The molecule has 77 heavy (non-hydrogen) atoms. The highest BCUT2D eigenvalue weighted by Crippen LogP contribution is 2.59. The van der Waals surface area contributed by atoms with Crippen molar-refractivity contribution < 1.29 is 43.4 Å². The van der Waals surface area contributed by atoms with E-state index in [4.69, 9.17) is 74.9 Å². The molecule has 0 amide bonds. The number of fused-ring (bicyclic) bond motifs is 6. The lowest BCUT2D eigenvalue weighted by atomic mass is 9.73. The van der Waals surface area contributed by atoms with E-state index in [0.29, 0.717) is 78.2 Å². The maximum absolute atomic E-state index is 12.0. The largest absolute Gasteiger partial charge is 0.478 e. The van der Waals surface area contributed by atoms with Crippen molar-refractivity contribution in [2.24, 2.45) is 23.7 Å². The first-order valence-electron chi connectivity index (χ1n) is 26.3. The monoisotopic (exact) mass is 1150 g/mol. The number of aliphatic hydroxyl groups is 2. The average Bonchev–Trinajstić information content (AvgIpc) is 4.25. The average molecular weight is 1160 g/mol. The number of thiazole rings is 2. The summed E-state index contributed by atoms with van der Waals surface area (Å²) in [5.41, 5.74) is 4.86. The number of aromatic nitrogens is 4. The predicted molar refractivity (Wildman–Crippen MR) is 295 cm³/mol. The van der Waals surface area contributed by atoms with Crippen LogP contribution in [0.2, 0.25) is 20.1 Å². The molecular formula is C58H52Cl4N4O9S2. The molecule has 6 aliphatic rings. The molecule has 0 radical (unpaired) electrons. The third-order valence-electron chi connectivity index (χ3n) is 17.1. The summed E-state index contributed by atoms with van der Waals surface area (Å²) in [6.45, 7) is 0.707. The van der Waals surface area contributed by atoms with Crippen molar-refractivity contribution in [2.45, 2.75) is 126 Å². The number of ether oxygens (including phenoxy) is 2. The van der Waals surface area contributed by atoms with Crippen molar-refractivity contribution >= 4 is 102 Å². The predicted octanol–water partition coefficient (Wildman–Crippen LogP) is 15.0. The van der Waals surface area contributed by atoms with Gasteiger partial charge in [0.25, 0.3) is 0 Å². The van der Waals surface area contributed by atoms with Crippen LogP contribution in [0.15, 0.2) is 81.8 Å². The maximum atomic E-state index is 12.0. The van der Waals surface area contributed by atoms with E-state index >= 15 is 0 Å². The SMILES string of the molecule is O=C(O)c1ccc2nc(C3(O)[C@@H]4CC[C@H]3CC(OCc3c(-c5c(Cl)cccc5Cl)noc3C3CC3)C4)sc2c1.O=Cc1ccc2nc(C3(O)[C@@H]4CC[C@H]3CC(OCc3c(-c5c(Cl)cccc5Cl)noc3C3CC3)C4)sc2c1. The molecule has 6 saturated carbocycles. The van der Waals surface area contributed by atoms with Gasteiger partial charge in [-0.2, -0.15) is 0 Å². The minimum absolute atomic E-state index is 0.0142. The van der Waals surface area contributed by atoms with Gasteiger partial charge in [-0.3, -0.25) is 4.79 Å². The summed E-state index contributed by atoms with van der Waals surface area (Å²) in [6, 6.07) is 21.2. The van der Waals surface area contributed by atoms with Crippen LogP contribution >= 0.6 is 69.1 Å². The van der Waals surface area contributed by atoms with Crippen LogP contribution in [0.25, 0.3) is 42.9 Å². The van der Waals surface area contributed by atoms with Crippen molar-refractivity contribution in [3.8, 4) is 22.5 Å². The molecule has 4 unspecified atom stereocenters. The first kappa shape index (κ1) is 51.6. The molecule has 8 atom stereocenters. The minimum atomic E-state index is -1.03. The van der Waals surface area contributed by atoms with Gasteiger partial charge in [0.2, 0.25) is 0 Å². The molecule has 4 aromatic heterocycles. The zero-order valence-corrected chi connectivity index (χ0v) is 46.1. The van der Waals surface area contributed by atoms with Crippen LogP contribution in [0.3, 0.4) is 0 Å². The summed E-state index contributed by atoms with van der Waals surface area (Å²) in [5, 5.41) is 45.6. The summed E-state index contributed by atoms with van der Waals surface area (Å²) >= 11 is 28.9. The Balaban J connectivity index is 0.000000147. The van der Waals surface area contributed by atoms with Gasteiger partial charge in [-0.25, -0.2) is 14.8 Å². The molecule has 0 saturated heterocycles. The van der Waals surface area contributed by atoms with Crippen LogP contribution in [0, 0.1) is 23.7 Å². The summed E-state index contributed by atoms with van der Waals surface area (Å²) in [6.07, 6.45) is 11.8. The number of carbonyl (C=O) groups is 2. The number of aldehydes is 1. The number of rotatable bonds is 14. The van der Waals surface area contributed by atoms with E-state index in [9.17, 15) is 24.9 Å². The number of benzene rings is 4. The van der Waals surface area contributed by atoms with Crippen molar-refractivity contribution in [3.63, 3.8) is 0 Å². The molecule has 8 aromatic rings. The van der Waals surface area contributed by atoms with Gasteiger partial charge in [-0.1, -0.05) is 68.8 Å². The quantitative estimate of drug-likeness (QED) is 0.0873. The molecule has 19 heteroatoms. The smallest absolute Gasteiger partial charge is 0.335 e. The van der Waals surface area contributed by atoms with Gasteiger partial charge < -0.3 is 33.8 Å². The second-order valence-corrected chi connectivity index (χ2v) is 25.5. The zero-order chi connectivity index (χ0) is 52.9. The van der Waals surface area contributed by atoms with Gasteiger partial charge in [-0.15, -0.1) is 22.7 Å². The van der Waals surface area contributed by atoms with Crippen LogP contribution in [0.4, 0.5) is 0 Å². The van der Waals surface area contributed by atoms with Gasteiger partial charge >= 0.3 is 5.97 Å². The van der Waals surface area contributed by atoms with Crippen molar-refractivity contribution in [3.05, 3.63) is 137 Å². The summed E-state index contributed by atoms with van der Waals surface area (Å²) in [4.78, 5) is 32.2. The van der Waals surface area contributed by atoms with Crippen LogP contribution in [0.1, 0.15) is 142 Å². The van der Waals surface area contributed by atoms with Gasteiger partial charge in [0, 0.05) is 39.7 Å². The van der Waals surface area contributed by atoms with E-state index in [1.807, 2.05) is 24.3 Å². The first-order valence-corrected chi connectivity index (χ1v) is 29.5. The van der Waals surface area contributed by atoms with Crippen LogP contribution in [0.5, 0.6) is 0 Å². The number of carbonyl (C=O) groups excluding carboxylic acids is 1. The van der Waals surface area contributed by atoms with E-state index in [-0.39, 0.29) is 41.4 Å². The van der Waals surface area contributed by atoms with Crippen LogP contribution in [-0.4, -0.2) is 60.1 Å². The Bertz CT molecular complexity index is 3540. The lowest BCUT2D eigenvalue weighted by molar-refractivity contribution is -0.116. The Morgan fingerprint density at radius 1 is 0.610 bits per heavy atom. The Hall–Kier alpha value is -4.78. The highest BCUT2D eigenvalue weighted by Gasteiger charge is 2.58. The molecular weight excluding hydrogens is 1100 g/mol. The Morgan fingerprint density at radius 3 is 1.43 bits per heavy atom. The Labute approximate surface area is 470 Å². The summed E-state index contributed by atoms with van der Waals surface area (Å²) in [7, 11) is 0. The lowest BCUT2D eigenvalue weighted by Crippen LogP contribution is -2.44. The minimum Gasteiger partial charge on any atom is -0.478 e. The molecule has 398 valence electrons. The maximum Gasteiger partial charge on any atom is 0.335 e. The topological polar surface area (TPSA) is 191 Å². The van der Waals surface area contributed by atoms with Crippen LogP contribution in [-0.2, 0) is 33.9 Å². The van der Waals surface area contributed by atoms with Gasteiger partial charge in [0.1, 0.15) is 50.4 Å².